The molecule has 2 rings (SSSR count). The summed E-state index contributed by atoms with van der Waals surface area (Å²) < 4.78 is 5.52. The lowest BCUT2D eigenvalue weighted by Crippen LogP contribution is -2.41. The van der Waals surface area contributed by atoms with Crippen molar-refractivity contribution in [2.45, 2.75) is 45.7 Å². The van der Waals surface area contributed by atoms with Crippen LogP contribution in [0.2, 0.25) is 0 Å². The molecule has 1 fully saturated rings. The van der Waals surface area contributed by atoms with Crippen molar-refractivity contribution < 1.29 is 4.74 Å². The van der Waals surface area contributed by atoms with E-state index in [1.165, 1.54) is 37.1 Å². The molecule has 0 aliphatic carbocycles. The third-order valence-corrected chi connectivity index (χ3v) is 4.83. The topological polar surface area (TPSA) is 24.5 Å². The number of aryl methyl sites for hydroxylation is 1. The molecular weight excluding hydrogens is 260 g/mol. The maximum atomic E-state index is 5.52. The van der Waals surface area contributed by atoms with Crippen LogP contribution in [0.1, 0.15) is 43.9 Å². The SMILES string of the molecule is COc1ccc(C)cc1C(C)NC(C)C1CCN(C)CC1. The fraction of sp³-hybridized carbons (Fsp3) is 0.667. The van der Waals surface area contributed by atoms with Crippen molar-refractivity contribution in [3.63, 3.8) is 0 Å². The Hall–Kier alpha value is -1.06. The van der Waals surface area contributed by atoms with Crippen molar-refractivity contribution in [1.29, 1.82) is 0 Å². The monoisotopic (exact) mass is 290 g/mol. The standard InChI is InChI=1S/C18H30N2O/c1-13-6-7-18(21-5)17(12-13)15(3)19-14(2)16-8-10-20(4)11-9-16/h6-7,12,14-16,19H,8-11H2,1-5H3. The molecule has 3 heteroatoms. The molecule has 1 aromatic carbocycles. The van der Waals surface area contributed by atoms with Crippen molar-refractivity contribution in [3.8, 4) is 5.75 Å². The number of ether oxygens (including phenoxy) is 1. The summed E-state index contributed by atoms with van der Waals surface area (Å²) in [5, 5.41) is 3.78. The number of hydrogen-bond acceptors (Lipinski definition) is 3. The van der Waals surface area contributed by atoms with E-state index in [-0.39, 0.29) is 0 Å². The predicted octanol–water partition coefficient (Wildman–Crippen LogP) is 3.38. The van der Waals surface area contributed by atoms with Gasteiger partial charge in [-0.2, -0.15) is 0 Å². The lowest BCUT2D eigenvalue weighted by Gasteiger charge is -2.34. The van der Waals surface area contributed by atoms with Gasteiger partial charge in [0.05, 0.1) is 7.11 Å². The number of nitrogens with zero attached hydrogens (tertiary/aromatic N) is 1. The van der Waals surface area contributed by atoms with Crippen LogP contribution in [0, 0.1) is 12.8 Å². The third-order valence-electron chi connectivity index (χ3n) is 4.83. The Morgan fingerprint density at radius 1 is 1.24 bits per heavy atom. The Balaban J connectivity index is 2.00. The molecule has 21 heavy (non-hydrogen) atoms. The van der Waals surface area contributed by atoms with E-state index in [0.717, 1.165) is 11.7 Å². The van der Waals surface area contributed by atoms with E-state index in [1.54, 1.807) is 7.11 Å². The van der Waals surface area contributed by atoms with Gasteiger partial charge in [-0.3, -0.25) is 0 Å². The van der Waals surface area contributed by atoms with Crippen molar-refractivity contribution >= 4 is 0 Å². The van der Waals surface area contributed by atoms with E-state index in [1.807, 2.05) is 0 Å². The van der Waals surface area contributed by atoms with Gasteiger partial charge in [-0.05, 0) is 65.7 Å². The van der Waals surface area contributed by atoms with Crippen LogP contribution in [0.3, 0.4) is 0 Å². The van der Waals surface area contributed by atoms with Gasteiger partial charge in [-0.1, -0.05) is 17.7 Å². The minimum Gasteiger partial charge on any atom is -0.496 e. The summed E-state index contributed by atoms with van der Waals surface area (Å²) in [5.74, 6) is 1.76. The van der Waals surface area contributed by atoms with Crippen molar-refractivity contribution in [1.82, 2.24) is 10.2 Å². The van der Waals surface area contributed by atoms with Gasteiger partial charge in [0.15, 0.2) is 0 Å². The van der Waals surface area contributed by atoms with Gasteiger partial charge in [0, 0.05) is 17.6 Å². The maximum Gasteiger partial charge on any atom is 0.123 e. The second-order valence-corrected chi connectivity index (χ2v) is 6.56. The smallest absolute Gasteiger partial charge is 0.123 e. The van der Waals surface area contributed by atoms with E-state index in [9.17, 15) is 0 Å². The van der Waals surface area contributed by atoms with E-state index in [2.05, 4.69) is 56.2 Å². The average molecular weight is 290 g/mol. The predicted molar refractivity (Wildman–Crippen MR) is 89.0 cm³/mol. The maximum absolute atomic E-state index is 5.52. The first-order valence-electron chi connectivity index (χ1n) is 8.10. The summed E-state index contributed by atoms with van der Waals surface area (Å²) in [7, 11) is 3.97. The van der Waals surface area contributed by atoms with Gasteiger partial charge in [-0.15, -0.1) is 0 Å². The quantitative estimate of drug-likeness (QED) is 0.899. The largest absolute Gasteiger partial charge is 0.496 e. The number of methoxy groups -OCH3 is 1. The first-order valence-corrected chi connectivity index (χ1v) is 8.10. The molecule has 0 amide bonds. The molecule has 0 saturated carbocycles. The van der Waals surface area contributed by atoms with Crippen LogP contribution in [0.4, 0.5) is 0 Å². The first-order chi connectivity index (χ1) is 10.0. The second kappa shape index (κ2) is 7.28. The fourth-order valence-corrected chi connectivity index (χ4v) is 3.34. The zero-order chi connectivity index (χ0) is 15.4. The highest BCUT2D eigenvalue weighted by Gasteiger charge is 2.24. The molecule has 118 valence electrons. The van der Waals surface area contributed by atoms with Gasteiger partial charge >= 0.3 is 0 Å². The Morgan fingerprint density at radius 3 is 2.52 bits per heavy atom. The second-order valence-electron chi connectivity index (χ2n) is 6.56. The molecule has 3 nitrogen and oxygen atoms in total. The zero-order valence-electron chi connectivity index (χ0n) is 14.1. The molecule has 1 aromatic rings. The first kappa shape index (κ1) is 16.3. The van der Waals surface area contributed by atoms with Crippen LogP contribution in [0.15, 0.2) is 18.2 Å². The molecule has 1 saturated heterocycles. The van der Waals surface area contributed by atoms with Gasteiger partial charge in [0.25, 0.3) is 0 Å². The van der Waals surface area contributed by atoms with Crippen LogP contribution in [0.25, 0.3) is 0 Å². The van der Waals surface area contributed by atoms with Crippen LogP contribution >= 0.6 is 0 Å². The molecule has 0 radical (unpaired) electrons. The minimum atomic E-state index is 0.314. The summed E-state index contributed by atoms with van der Waals surface area (Å²) >= 11 is 0. The molecule has 1 aliphatic heterocycles. The highest BCUT2D eigenvalue weighted by Crippen LogP contribution is 2.28. The highest BCUT2D eigenvalue weighted by molar-refractivity contribution is 5.38. The molecule has 2 atom stereocenters. The normalized spacial score (nSPS) is 20.2. The molecule has 0 aromatic heterocycles. The third kappa shape index (κ3) is 4.21. The van der Waals surface area contributed by atoms with Crippen LogP contribution < -0.4 is 10.1 Å². The van der Waals surface area contributed by atoms with Crippen molar-refractivity contribution in [2.75, 3.05) is 27.2 Å². The average Bonchev–Trinajstić information content (AvgIpc) is 2.47. The summed E-state index contributed by atoms with van der Waals surface area (Å²) in [6.45, 7) is 9.14. The summed E-state index contributed by atoms with van der Waals surface area (Å²) in [5.41, 5.74) is 2.55. The van der Waals surface area contributed by atoms with E-state index < -0.39 is 0 Å². The van der Waals surface area contributed by atoms with E-state index in [4.69, 9.17) is 4.74 Å². The fourth-order valence-electron chi connectivity index (χ4n) is 3.34. The van der Waals surface area contributed by atoms with Gasteiger partial charge in [-0.25, -0.2) is 0 Å². The van der Waals surface area contributed by atoms with Gasteiger partial charge < -0.3 is 15.0 Å². The number of hydrogen-bond donors (Lipinski definition) is 1. The zero-order valence-corrected chi connectivity index (χ0v) is 14.1. The molecule has 0 bridgehead atoms. The lowest BCUT2D eigenvalue weighted by molar-refractivity contribution is 0.185. The number of rotatable bonds is 5. The van der Waals surface area contributed by atoms with Gasteiger partial charge in [0.2, 0.25) is 0 Å². The Labute approximate surface area is 129 Å². The lowest BCUT2D eigenvalue weighted by atomic mass is 9.89. The summed E-state index contributed by atoms with van der Waals surface area (Å²) in [6.07, 6.45) is 2.59. The molecular formula is C18H30N2O. The van der Waals surface area contributed by atoms with Crippen molar-refractivity contribution in [2.24, 2.45) is 5.92 Å². The number of piperidine rings is 1. The van der Waals surface area contributed by atoms with Crippen LogP contribution in [0.5, 0.6) is 5.75 Å². The summed E-state index contributed by atoms with van der Waals surface area (Å²) in [6, 6.07) is 7.27. The molecule has 1 N–H and O–H groups in total. The number of nitrogens with one attached hydrogen (secondary N) is 1. The minimum absolute atomic E-state index is 0.314. The number of likely N-dealkylation sites (tertiary alicyclic amines) is 1. The van der Waals surface area contributed by atoms with Crippen LogP contribution in [-0.2, 0) is 0 Å². The van der Waals surface area contributed by atoms with Gasteiger partial charge in [0.1, 0.15) is 5.75 Å². The Kier molecular flexibility index (Phi) is 5.65. The van der Waals surface area contributed by atoms with Crippen molar-refractivity contribution in [3.05, 3.63) is 29.3 Å². The summed E-state index contributed by atoms with van der Waals surface area (Å²) in [4.78, 5) is 2.43. The Morgan fingerprint density at radius 2 is 1.90 bits per heavy atom. The van der Waals surface area contributed by atoms with E-state index >= 15 is 0 Å². The van der Waals surface area contributed by atoms with Crippen LogP contribution in [-0.4, -0.2) is 38.2 Å². The Bertz CT molecular complexity index is 453. The number of benzene rings is 1. The molecule has 2 unspecified atom stereocenters. The van der Waals surface area contributed by atoms with E-state index in [0.29, 0.717) is 12.1 Å². The molecule has 1 aliphatic rings. The highest BCUT2D eigenvalue weighted by atomic mass is 16.5. The molecule has 1 heterocycles. The molecule has 0 spiro atoms.